The van der Waals surface area contributed by atoms with Crippen molar-refractivity contribution in [2.75, 3.05) is 19.8 Å². The van der Waals surface area contributed by atoms with Crippen LogP contribution in [0.1, 0.15) is 17.4 Å². The third-order valence-electron chi connectivity index (χ3n) is 4.82. The summed E-state index contributed by atoms with van der Waals surface area (Å²) in [6.45, 7) is 3.75. The molecule has 0 fully saturated rings. The molecule has 0 radical (unpaired) electrons. The number of aromatic nitrogens is 4. The van der Waals surface area contributed by atoms with Crippen molar-refractivity contribution in [1.29, 1.82) is 0 Å². The molecule has 0 aliphatic carbocycles. The molecule has 8 heteroatoms. The predicted molar refractivity (Wildman–Crippen MR) is 119 cm³/mol. The summed E-state index contributed by atoms with van der Waals surface area (Å²) in [4.78, 5) is 10.5. The summed E-state index contributed by atoms with van der Waals surface area (Å²) >= 11 is 0. The van der Waals surface area contributed by atoms with Gasteiger partial charge in [0.25, 0.3) is 5.89 Å². The van der Waals surface area contributed by atoms with Gasteiger partial charge in [-0.25, -0.2) is 9.97 Å². The van der Waals surface area contributed by atoms with Gasteiger partial charge in [-0.2, -0.15) is 0 Å². The zero-order valence-electron chi connectivity index (χ0n) is 17.2. The molecule has 2 aromatic heterocycles. The van der Waals surface area contributed by atoms with Crippen LogP contribution in [0.2, 0.25) is 0 Å². The Kier molecular flexibility index (Phi) is 5.57. The van der Waals surface area contributed by atoms with E-state index >= 15 is 0 Å². The first-order valence-corrected chi connectivity index (χ1v) is 9.60. The van der Waals surface area contributed by atoms with E-state index in [1.54, 1.807) is 17.2 Å². The summed E-state index contributed by atoms with van der Waals surface area (Å²) < 4.78 is 5.81. The average molecular weight is 414 g/mol. The topological polar surface area (TPSA) is 114 Å². The Morgan fingerprint density at radius 1 is 1.00 bits per heavy atom. The van der Waals surface area contributed by atoms with Crippen LogP contribution < -0.4 is 5.73 Å². The second-order valence-electron chi connectivity index (χ2n) is 7.19. The third kappa shape index (κ3) is 4.20. The fraction of sp³-hybridized carbons (Fsp3) is 0.130. The number of rotatable bonds is 6. The number of aliphatic hydroxyl groups excluding tert-OH is 1. The SMILES string of the molecule is C=Cc1ccc(-c2nnc(-c3nc(-c4ccc(C(O)N(C)C)cc4)cnc3N)o2)cc1. The Morgan fingerprint density at radius 2 is 1.65 bits per heavy atom. The highest BCUT2D eigenvalue weighted by Crippen LogP contribution is 2.28. The van der Waals surface area contributed by atoms with E-state index in [4.69, 9.17) is 10.2 Å². The Morgan fingerprint density at radius 3 is 2.29 bits per heavy atom. The van der Waals surface area contributed by atoms with Gasteiger partial charge in [-0.15, -0.1) is 10.2 Å². The first-order chi connectivity index (χ1) is 15.0. The van der Waals surface area contributed by atoms with Crippen molar-refractivity contribution in [2.45, 2.75) is 6.23 Å². The fourth-order valence-corrected chi connectivity index (χ4v) is 3.02. The minimum atomic E-state index is -0.681. The number of benzene rings is 2. The lowest BCUT2D eigenvalue weighted by atomic mass is 10.1. The van der Waals surface area contributed by atoms with Crippen LogP contribution in [0.5, 0.6) is 0 Å². The van der Waals surface area contributed by atoms with Gasteiger partial charge >= 0.3 is 0 Å². The summed E-state index contributed by atoms with van der Waals surface area (Å²) in [6.07, 6.45) is 2.67. The highest BCUT2D eigenvalue weighted by Gasteiger charge is 2.17. The van der Waals surface area contributed by atoms with E-state index in [0.717, 1.165) is 22.3 Å². The molecule has 4 rings (SSSR count). The van der Waals surface area contributed by atoms with Crippen LogP contribution in [-0.4, -0.2) is 44.3 Å². The zero-order chi connectivity index (χ0) is 22.0. The number of nitrogens with zero attached hydrogens (tertiary/aromatic N) is 5. The number of nitrogen functional groups attached to an aromatic ring is 1. The smallest absolute Gasteiger partial charge is 0.270 e. The number of hydrogen-bond acceptors (Lipinski definition) is 8. The molecule has 1 atom stereocenters. The van der Waals surface area contributed by atoms with Crippen molar-refractivity contribution in [3.8, 4) is 34.3 Å². The van der Waals surface area contributed by atoms with Gasteiger partial charge in [-0.1, -0.05) is 49.1 Å². The van der Waals surface area contributed by atoms with Gasteiger partial charge in [0.1, 0.15) is 6.23 Å². The highest BCUT2D eigenvalue weighted by molar-refractivity contribution is 5.69. The summed E-state index contributed by atoms with van der Waals surface area (Å²) in [5.41, 5.74) is 10.3. The second kappa shape index (κ2) is 8.47. The fourth-order valence-electron chi connectivity index (χ4n) is 3.02. The quantitative estimate of drug-likeness (QED) is 0.460. The Labute approximate surface area is 179 Å². The summed E-state index contributed by atoms with van der Waals surface area (Å²) in [5, 5.41) is 18.4. The first kappa shape index (κ1) is 20.4. The van der Waals surface area contributed by atoms with Gasteiger partial charge in [-0.05, 0) is 37.4 Å². The normalized spacial score (nSPS) is 12.1. The molecule has 0 amide bonds. The molecule has 0 saturated carbocycles. The van der Waals surface area contributed by atoms with Crippen LogP contribution in [0, 0.1) is 0 Å². The standard InChI is InChI=1S/C23H22N6O2/c1-4-14-5-7-16(8-6-14)21-27-28-22(31-21)19-20(24)25-13-18(26-19)15-9-11-17(12-10-15)23(30)29(2)3/h4-13,23,30H,1H2,2-3H3,(H2,24,25). The number of hydrogen-bond donors (Lipinski definition) is 2. The van der Waals surface area contributed by atoms with E-state index in [1.165, 1.54) is 0 Å². The molecular weight excluding hydrogens is 392 g/mol. The van der Waals surface area contributed by atoms with Crippen molar-refractivity contribution < 1.29 is 9.52 Å². The van der Waals surface area contributed by atoms with E-state index < -0.39 is 6.23 Å². The lowest BCUT2D eigenvalue weighted by molar-refractivity contribution is 0.0395. The molecule has 8 nitrogen and oxygen atoms in total. The minimum Gasteiger partial charge on any atom is -0.414 e. The van der Waals surface area contributed by atoms with Gasteiger partial charge in [-0.3, -0.25) is 4.90 Å². The molecule has 2 aromatic carbocycles. The van der Waals surface area contributed by atoms with Crippen LogP contribution in [0.4, 0.5) is 5.82 Å². The van der Waals surface area contributed by atoms with E-state index in [1.807, 2.05) is 62.6 Å². The van der Waals surface area contributed by atoms with Crippen molar-refractivity contribution in [2.24, 2.45) is 0 Å². The van der Waals surface area contributed by atoms with Gasteiger partial charge in [0.15, 0.2) is 11.5 Å². The maximum atomic E-state index is 10.2. The van der Waals surface area contributed by atoms with Gasteiger partial charge in [0.2, 0.25) is 5.89 Å². The van der Waals surface area contributed by atoms with Crippen LogP contribution in [0.25, 0.3) is 40.4 Å². The van der Waals surface area contributed by atoms with Crippen LogP contribution in [0.3, 0.4) is 0 Å². The van der Waals surface area contributed by atoms with Crippen LogP contribution >= 0.6 is 0 Å². The second-order valence-corrected chi connectivity index (χ2v) is 7.19. The summed E-state index contributed by atoms with van der Waals surface area (Å²) in [6, 6.07) is 15.0. The monoisotopic (exact) mass is 414 g/mol. The van der Waals surface area contributed by atoms with E-state index in [-0.39, 0.29) is 11.7 Å². The van der Waals surface area contributed by atoms with Crippen molar-refractivity contribution in [3.63, 3.8) is 0 Å². The van der Waals surface area contributed by atoms with E-state index in [0.29, 0.717) is 17.3 Å². The summed E-state index contributed by atoms with van der Waals surface area (Å²) in [5.74, 6) is 0.745. The van der Waals surface area contributed by atoms with Crippen LogP contribution in [-0.2, 0) is 0 Å². The van der Waals surface area contributed by atoms with Crippen molar-refractivity contribution >= 4 is 11.9 Å². The van der Waals surface area contributed by atoms with Crippen molar-refractivity contribution in [1.82, 2.24) is 25.1 Å². The molecule has 0 spiro atoms. The maximum absolute atomic E-state index is 10.2. The van der Waals surface area contributed by atoms with Crippen molar-refractivity contribution in [3.05, 3.63) is 72.4 Å². The lowest BCUT2D eigenvalue weighted by Gasteiger charge is -2.18. The molecule has 156 valence electrons. The largest absolute Gasteiger partial charge is 0.414 e. The molecule has 0 aliphatic rings. The number of nitrogens with two attached hydrogens (primary N) is 1. The molecule has 2 heterocycles. The maximum Gasteiger partial charge on any atom is 0.270 e. The van der Waals surface area contributed by atoms with Gasteiger partial charge < -0.3 is 15.3 Å². The minimum absolute atomic E-state index is 0.189. The number of anilines is 1. The highest BCUT2D eigenvalue weighted by atomic mass is 16.4. The number of aliphatic hydroxyl groups is 1. The molecule has 31 heavy (non-hydrogen) atoms. The first-order valence-electron chi connectivity index (χ1n) is 9.60. The van der Waals surface area contributed by atoms with Gasteiger partial charge in [0, 0.05) is 11.1 Å². The molecule has 4 aromatic rings. The zero-order valence-corrected chi connectivity index (χ0v) is 17.2. The molecule has 3 N–H and O–H groups in total. The molecule has 0 saturated heterocycles. The van der Waals surface area contributed by atoms with E-state index in [9.17, 15) is 5.11 Å². The van der Waals surface area contributed by atoms with Gasteiger partial charge in [0.05, 0.1) is 11.9 Å². The average Bonchev–Trinajstić information content (AvgIpc) is 3.29. The van der Waals surface area contributed by atoms with E-state index in [2.05, 4.69) is 26.7 Å². The molecule has 1 unspecified atom stereocenters. The molecule has 0 bridgehead atoms. The molecule has 0 aliphatic heterocycles. The van der Waals surface area contributed by atoms with Crippen LogP contribution in [0.15, 0.2) is 65.7 Å². The molecular formula is C23H22N6O2. The lowest BCUT2D eigenvalue weighted by Crippen LogP contribution is -2.18. The Hall–Kier alpha value is -3.88. The third-order valence-corrected chi connectivity index (χ3v) is 4.82. The predicted octanol–water partition coefficient (Wildman–Crippen LogP) is 3.64. The Bertz CT molecular complexity index is 1200. The Balaban J connectivity index is 1.64. The summed E-state index contributed by atoms with van der Waals surface area (Å²) in [7, 11) is 3.62.